The van der Waals surface area contributed by atoms with Crippen molar-refractivity contribution in [2.45, 2.75) is 58.2 Å². The monoisotopic (exact) mass is 277 g/mol. The summed E-state index contributed by atoms with van der Waals surface area (Å²) in [4.78, 5) is 11.2. The van der Waals surface area contributed by atoms with E-state index in [2.05, 4.69) is 43.9 Å². The summed E-state index contributed by atoms with van der Waals surface area (Å²) < 4.78 is 15.9. The first kappa shape index (κ1) is 17.4. The number of nitrogens with one attached hydrogen (secondary N) is 1. The first-order chi connectivity index (χ1) is 8.05. The number of hydrogen-bond acceptors (Lipinski definition) is 4. The lowest BCUT2D eigenvalue weighted by Crippen LogP contribution is -2.51. The van der Waals surface area contributed by atoms with Crippen molar-refractivity contribution in [1.82, 2.24) is 5.32 Å². The average Bonchev–Trinajstić information content (AvgIpc) is 2.22. The molecule has 0 saturated heterocycles. The molecule has 0 fully saturated rings. The average molecular weight is 277 g/mol. The second-order valence-corrected chi connectivity index (χ2v) is 10.6. The Bertz CT molecular complexity index is 276. The molecule has 0 bridgehead atoms. The van der Waals surface area contributed by atoms with Crippen molar-refractivity contribution >= 4 is 14.4 Å². The van der Waals surface area contributed by atoms with E-state index in [1.165, 1.54) is 14.2 Å². The zero-order valence-corrected chi connectivity index (χ0v) is 13.8. The molecule has 0 unspecified atom stereocenters. The zero-order chi connectivity index (χ0) is 14.6. The third-order valence-corrected chi connectivity index (χ3v) is 7.99. The van der Waals surface area contributed by atoms with Crippen LogP contribution in [0.4, 0.5) is 4.79 Å². The van der Waals surface area contributed by atoms with Gasteiger partial charge in [0.05, 0.1) is 13.2 Å². The fourth-order valence-electron chi connectivity index (χ4n) is 1.25. The SMILES string of the molecule is COC(=O)N[C@@H](OC)[C@@H](C)O[Si](C)(C)C(C)(C)C. The summed E-state index contributed by atoms with van der Waals surface area (Å²) in [5.74, 6) is 0. The molecule has 0 heterocycles. The molecule has 0 rings (SSSR count). The van der Waals surface area contributed by atoms with E-state index in [4.69, 9.17) is 9.16 Å². The van der Waals surface area contributed by atoms with Crippen molar-refractivity contribution in [2.75, 3.05) is 14.2 Å². The molecule has 0 aromatic carbocycles. The van der Waals surface area contributed by atoms with Crippen LogP contribution in [0.25, 0.3) is 0 Å². The van der Waals surface area contributed by atoms with Crippen LogP contribution in [0, 0.1) is 0 Å². The van der Waals surface area contributed by atoms with Crippen LogP contribution in [-0.4, -0.2) is 41.0 Å². The van der Waals surface area contributed by atoms with Gasteiger partial charge in [0.2, 0.25) is 0 Å². The molecule has 18 heavy (non-hydrogen) atoms. The van der Waals surface area contributed by atoms with E-state index in [0.29, 0.717) is 0 Å². The van der Waals surface area contributed by atoms with Gasteiger partial charge in [-0.2, -0.15) is 0 Å². The zero-order valence-electron chi connectivity index (χ0n) is 12.8. The molecule has 0 spiro atoms. The Kier molecular flexibility index (Phi) is 6.32. The molecule has 0 aliphatic carbocycles. The molecule has 0 aromatic rings. The van der Waals surface area contributed by atoms with Crippen LogP contribution in [0.3, 0.4) is 0 Å². The molecule has 5 nitrogen and oxygen atoms in total. The van der Waals surface area contributed by atoms with Gasteiger partial charge in [-0.05, 0) is 25.1 Å². The number of rotatable bonds is 5. The van der Waals surface area contributed by atoms with Crippen LogP contribution >= 0.6 is 0 Å². The maximum absolute atomic E-state index is 11.2. The Balaban J connectivity index is 4.62. The summed E-state index contributed by atoms with van der Waals surface area (Å²) in [5, 5.41) is 2.72. The minimum atomic E-state index is -1.88. The summed E-state index contributed by atoms with van der Waals surface area (Å²) in [6.45, 7) is 12.7. The lowest BCUT2D eigenvalue weighted by Gasteiger charge is -2.40. The highest BCUT2D eigenvalue weighted by Crippen LogP contribution is 2.37. The fourth-order valence-corrected chi connectivity index (χ4v) is 2.65. The van der Waals surface area contributed by atoms with Gasteiger partial charge in [0, 0.05) is 7.11 Å². The fraction of sp³-hybridized carbons (Fsp3) is 0.917. The van der Waals surface area contributed by atoms with Gasteiger partial charge in [-0.25, -0.2) is 4.79 Å². The second-order valence-electron chi connectivity index (χ2n) is 5.88. The Morgan fingerprint density at radius 2 is 1.72 bits per heavy atom. The molecule has 2 atom stereocenters. The van der Waals surface area contributed by atoms with Crippen LogP contribution in [0.2, 0.25) is 18.1 Å². The first-order valence-electron chi connectivity index (χ1n) is 6.10. The molecule has 0 radical (unpaired) electrons. The van der Waals surface area contributed by atoms with Gasteiger partial charge < -0.3 is 13.9 Å². The molecule has 0 aromatic heterocycles. The van der Waals surface area contributed by atoms with E-state index in [9.17, 15) is 4.79 Å². The largest absolute Gasteiger partial charge is 0.453 e. The van der Waals surface area contributed by atoms with Gasteiger partial charge in [-0.3, -0.25) is 5.32 Å². The number of carbonyl (C=O) groups is 1. The van der Waals surface area contributed by atoms with Crippen LogP contribution in [0.5, 0.6) is 0 Å². The van der Waals surface area contributed by atoms with E-state index >= 15 is 0 Å². The Morgan fingerprint density at radius 3 is 2.06 bits per heavy atom. The summed E-state index contributed by atoms with van der Waals surface area (Å²) in [7, 11) is 0.974. The predicted octanol–water partition coefficient (Wildman–Crippen LogP) is 2.73. The second kappa shape index (κ2) is 6.54. The van der Waals surface area contributed by atoms with Crippen molar-refractivity contribution in [1.29, 1.82) is 0 Å². The molecule has 0 aliphatic heterocycles. The van der Waals surface area contributed by atoms with Gasteiger partial charge in [-0.15, -0.1) is 0 Å². The minimum absolute atomic E-state index is 0.116. The summed E-state index contributed by atoms with van der Waals surface area (Å²) in [5.41, 5.74) is 0. The van der Waals surface area contributed by atoms with Crippen molar-refractivity contribution in [2.24, 2.45) is 0 Å². The third kappa shape index (κ3) is 4.95. The van der Waals surface area contributed by atoms with Gasteiger partial charge in [0.15, 0.2) is 14.5 Å². The molecule has 6 heteroatoms. The summed E-state index contributed by atoms with van der Waals surface area (Å²) in [6, 6.07) is 0. The summed E-state index contributed by atoms with van der Waals surface area (Å²) in [6.07, 6.45) is -1.26. The highest BCUT2D eigenvalue weighted by atomic mass is 28.4. The topological polar surface area (TPSA) is 56.8 Å². The Labute approximate surface area is 111 Å². The summed E-state index contributed by atoms with van der Waals surface area (Å²) >= 11 is 0. The standard InChI is InChI=1S/C12H27NO4Si/c1-9(10(15-5)13-11(14)16-6)17-18(7,8)12(2,3)4/h9-10H,1-8H3,(H,13,14)/t9-,10+/m1/s1. The smallest absolute Gasteiger partial charge is 0.408 e. The normalized spacial score (nSPS) is 16.0. The highest BCUT2D eigenvalue weighted by Gasteiger charge is 2.40. The van der Waals surface area contributed by atoms with E-state index in [-0.39, 0.29) is 11.1 Å². The highest BCUT2D eigenvalue weighted by molar-refractivity contribution is 6.74. The van der Waals surface area contributed by atoms with Crippen molar-refractivity contribution in [3.63, 3.8) is 0 Å². The first-order valence-corrected chi connectivity index (χ1v) is 9.01. The molecule has 1 amide bonds. The predicted molar refractivity (Wildman–Crippen MR) is 74.1 cm³/mol. The molecular weight excluding hydrogens is 250 g/mol. The van der Waals surface area contributed by atoms with Crippen LogP contribution < -0.4 is 5.32 Å². The lowest BCUT2D eigenvalue weighted by atomic mass is 10.2. The maximum Gasteiger partial charge on any atom is 0.408 e. The van der Waals surface area contributed by atoms with Crippen LogP contribution in [0.15, 0.2) is 0 Å². The van der Waals surface area contributed by atoms with Crippen LogP contribution in [-0.2, 0) is 13.9 Å². The maximum atomic E-state index is 11.2. The minimum Gasteiger partial charge on any atom is -0.453 e. The van der Waals surface area contributed by atoms with E-state index in [1.54, 1.807) is 0 Å². The molecule has 1 N–H and O–H groups in total. The Morgan fingerprint density at radius 1 is 1.22 bits per heavy atom. The number of hydrogen-bond donors (Lipinski definition) is 1. The van der Waals surface area contributed by atoms with Crippen molar-refractivity contribution in [3.8, 4) is 0 Å². The quantitative estimate of drug-likeness (QED) is 0.620. The van der Waals surface area contributed by atoms with Crippen LogP contribution in [0.1, 0.15) is 27.7 Å². The van der Waals surface area contributed by atoms with Crippen molar-refractivity contribution < 1.29 is 18.7 Å². The van der Waals surface area contributed by atoms with E-state index < -0.39 is 20.6 Å². The molecule has 0 aliphatic rings. The van der Waals surface area contributed by atoms with Gasteiger partial charge in [0.1, 0.15) is 0 Å². The number of carbonyl (C=O) groups excluding carboxylic acids is 1. The van der Waals surface area contributed by atoms with Gasteiger partial charge in [-0.1, -0.05) is 20.8 Å². The van der Waals surface area contributed by atoms with Crippen molar-refractivity contribution in [3.05, 3.63) is 0 Å². The number of alkyl carbamates (subject to hydrolysis) is 1. The lowest BCUT2D eigenvalue weighted by molar-refractivity contribution is -0.0147. The number of ether oxygens (including phenoxy) is 2. The van der Waals surface area contributed by atoms with Gasteiger partial charge in [0.25, 0.3) is 0 Å². The van der Waals surface area contributed by atoms with Gasteiger partial charge >= 0.3 is 6.09 Å². The molecular formula is C12H27NO4Si. The molecule has 108 valence electrons. The number of amides is 1. The van der Waals surface area contributed by atoms with E-state index in [1.807, 2.05) is 6.92 Å². The third-order valence-electron chi connectivity index (χ3n) is 3.41. The van der Waals surface area contributed by atoms with E-state index in [0.717, 1.165) is 0 Å². The molecule has 0 saturated carbocycles. The number of methoxy groups -OCH3 is 2. The Hall–Kier alpha value is -0.593.